The van der Waals surface area contributed by atoms with Gasteiger partial charge in [0.05, 0.1) is 17.4 Å². The predicted molar refractivity (Wildman–Crippen MR) is 66.1 cm³/mol. The van der Waals surface area contributed by atoms with Crippen LogP contribution in [0.2, 0.25) is 5.02 Å². The maximum atomic E-state index is 5.97. The number of benzene rings is 2. The number of para-hydroxylation sites is 1. The molecule has 0 unspecified atom stereocenters. The number of fused-ring (bicyclic) bond motifs is 1. The lowest BCUT2D eigenvalue weighted by atomic mass is 10.2. The highest BCUT2D eigenvalue weighted by Crippen LogP contribution is 2.20. The van der Waals surface area contributed by atoms with Crippen LogP contribution in [0.25, 0.3) is 16.6 Å². The second-order valence-electron chi connectivity index (χ2n) is 3.60. The Balaban J connectivity index is 2.26. The zero-order valence-corrected chi connectivity index (χ0v) is 9.22. The molecule has 3 heteroatoms. The third kappa shape index (κ3) is 1.48. The maximum absolute atomic E-state index is 5.97. The molecule has 0 bridgehead atoms. The fraction of sp³-hybridized carbons (Fsp3) is 0. The van der Waals surface area contributed by atoms with Gasteiger partial charge in [-0.3, -0.25) is 0 Å². The van der Waals surface area contributed by atoms with Crippen molar-refractivity contribution >= 4 is 22.5 Å². The predicted octanol–water partition coefficient (Wildman–Crippen LogP) is 3.68. The lowest BCUT2D eigenvalue weighted by Gasteiger charge is -2.03. The molecule has 0 saturated heterocycles. The third-order valence-corrected chi connectivity index (χ3v) is 2.77. The Labute approximate surface area is 98.1 Å². The van der Waals surface area contributed by atoms with Gasteiger partial charge in [-0.1, -0.05) is 35.9 Å². The van der Waals surface area contributed by atoms with Crippen LogP contribution in [0.1, 0.15) is 0 Å². The van der Waals surface area contributed by atoms with Gasteiger partial charge in [-0.15, -0.1) is 0 Å². The lowest BCUT2D eigenvalue weighted by molar-refractivity contribution is 0.911. The van der Waals surface area contributed by atoms with Crippen LogP contribution in [0.15, 0.2) is 54.7 Å². The number of halogens is 1. The molecule has 78 valence electrons. The fourth-order valence-electron chi connectivity index (χ4n) is 1.79. The molecule has 0 radical (unpaired) electrons. The molecule has 2 aromatic carbocycles. The van der Waals surface area contributed by atoms with E-state index >= 15 is 0 Å². The maximum Gasteiger partial charge on any atom is 0.0741 e. The highest BCUT2D eigenvalue weighted by molar-refractivity contribution is 6.30. The van der Waals surface area contributed by atoms with E-state index in [1.165, 1.54) is 0 Å². The Morgan fingerprint density at radius 2 is 1.88 bits per heavy atom. The van der Waals surface area contributed by atoms with E-state index in [0.717, 1.165) is 21.6 Å². The second-order valence-corrected chi connectivity index (χ2v) is 4.03. The topological polar surface area (TPSA) is 17.8 Å². The van der Waals surface area contributed by atoms with Crippen molar-refractivity contribution in [1.29, 1.82) is 0 Å². The molecular formula is C13H9ClN2. The zero-order valence-electron chi connectivity index (χ0n) is 8.47. The fourth-order valence-corrected chi connectivity index (χ4v) is 1.97. The van der Waals surface area contributed by atoms with Gasteiger partial charge in [0.2, 0.25) is 0 Å². The van der Waals surface area contributed by atoms with Crippen LogP contribution in [-0.2, 0) is 0 Å². The first-order valence-corrected chi connectivity index (χ1v) is 5.41. The summed E-state index contributed by atoms with van der Waals surface area (Å²) in [5.74, 6) is 0. The Hall–Kier alpha value is -1.80. The normalized spacial score (nSPS) is 10.8. The first-order chi connectivity index (χ1) is 7.84. The molecule has 0 atom stereocenters. The molecule has 0 aliphatic heterocycles. The monoisotopic (exact) mass is 228 g/mol. The van der Waals surface area contributed by atoms with Gasteiger partial charge in [0.1, 0.15) is 0 Å². The van der Waals surface area contributed by atoms with Crippen molar-refractivity contribution in [3.63, 3.8) is 0 Å². The summed E-state index contributed by atoms with van der Waals surface area (Å²) < 4.78 is 1.89. The molecule has 2 nitrogen and oxygen atoms in total. The van der Waals surface area contributed by atoms with Gasteiger partial charge >= 0.3 is 0 Å². The van der Waals surface area contributed by atoms with Crippen molar-refractivity contribution in [1.82, 2.24) is 9.78 Å². The first kappa shape index (κ1) is 9.43. The standard InChI is InChI=1S/C13H9ClN2/c14-11-5-3-6-12(8-11)16-13-7-2-1-4-10(13)9-15-16/h1-9H. The van der Waals surface area contributed by atoms with Crippen LogP contribution in [0.5, 0.6) is 0 Å². The molecule has 0 aliphatic rings. The molecule has 3 rings (SSSR count). The van der Waals surface area contributed by atoms with E-state index in [-0.39, 0.29) is 0 Å². The smallest absolute Gasteiger partial charge is 0.0741 e. The van der Waals surface area contributed by atoms with E-state index < -0.39 is 0 Å². The van der Waals surface area contributed by atoms with Gasteiger partial charge in [0.15, 0.2) is 0 Å². The van der Waals surface area contributed by atoms with Crippen molar-refractivity contribution < 1.29 is 0 Å². The van der Waals surface area contributed by atoms with E-state index in [1.54, 1.807) is 0 Å². The van der Waals surface area contributed by atoms with Crippen molar-refractivity contribution in [2.45, 2.75) is 0 Å². The minimum absolute atomic E-state index is 0.720. The van der Waals surface area contributed by atoms with E-state index in [2.05, 4.69) is 5.10 Å². The van der Waals surface area contributed by atoms with Crippen molar-refractivity contribution in [2.75, 3.05) is 0 Å². The molecule has 0 aliphatic carbocycles. The Kier molecular flexibility index (Phi) is 2.15. The summed E-state index contributed by atoms with van der Waals surface area (Å²) in [4.78, 5) is 0. The second kappa shape index (κ2) is 3.65. The van der Waals surface area contributed by atoms with E-state index in [1.807, 2.05) is 59.4 Å². The minimum Gasteiger partial charge on any atom is -0.233 e. The average molecular weight is 229 g/mol. The molecule has 3 aromatic rings. The molecule has 0 fully saturated rings. The Morgan fingerprint density at radius 1 is 1.00 bits per heavy atom. The van der Waals surface area contributed by atoms with Gasteiger partial charge in [-0.2, -0.15) is 5.10 Å². The van der Waals surface area contributed by atoms with Crippen LogP contribution in [0.4, 0.5) is 0 Å². The number of hydrogen-bond acceptors (Lipinski definition) is 1. The highest BCUT2D eigenvalue weighted by Gasteiger charge is 2.03. The molecule has 0 saturated carbocycles. The van der Waals surface area contributed by atoms with Crippen molar-refractivity contribution in [3.05, 3.63) is 59.8 Å². The summed E-state index contributed by atoms with van der Waals surface area (Å²) in [6.45, 7) is 0. The first-order valence-electron chi connectivity index (χ1n) is 5.03. The quantitative estimate of drug-likeness (QED) is 0.621. The summed E-state index contributed by atoms with van der Waals surface area (Å²) >= 11 is 5.97. The minimum atomic E-state index is 0.720. The average Bonchev–Trinajstić information content (AvgIpc) is 2.72. The summed E-state index contributed by atoms with van der Waals surface area (Å²) in [5, 5.41) is 6.21. The van der Waals surface area contributed by atoms with Crippen LogP contribution >= 0.6 is 11.6 Å². The van der Waals surface area contributed by atoms with Gasteiger partial charge in [-0.05, 0) is 24.3 Å². The van der Waals surface area contributed by atoms with Crippen LogP contribution in [0.3, 0.4) is 0 Å². The summed E-state index contributed by atoms with van der Waals surface area (Å²) in [7, 11) is 0. The molecule has 1 heterocycles. The van der Waals surface area contributed by atoms with Gasteiger partial charge in [-0.25, -0.2) is 4.68 Å². The van der Waals surface area contributed by atoms with E-state index in [0.29, 0.717) is 0 Å². The van der Waals surface area contributed by atoms with E-state index in [4.69, 9.17) is 11.6 Å². The zero-order chi connectivity index (χ0) is 11.0. The largest absolute Gasteiger partial charge is 0.233 e. The SMILES string of the molecule is Clc1cccc(-n2ncc3ccccc32)c1. The lowest BCUT2D eigenvalue weighted by Crippen LogP contribution is -1.95. The van der Waals surface area contributed by atoms with E-state index in [9.17, 15) is 0 Å². The molecule has 1 aromatic heterocycles. The Bertz CT molecular complexity index is 643. The highest BCUT2D eigenvalue weighted by atomic mass is 35.5. The van der Waals surface area contributed by atoms with Crippen LogP contribution in [-0.4, -0.2) is 9.78 Å². The van der Waals surface area contributed by atoms with Crippen molar-refractivity contribution in [2.24, 2.45) is 0 Å². The molecule has 16 heavy (non-hydrogen) atoms. The summed E-state index contributed by atoms with van der Waals surface area (Å²) in [5.41, 5.74) is 2.07. The molecule has 0 spiro atoms. The number of hydrogen-bond donors (Lipinski definition) is 0. The Morgan fingerprint density at radius 3 is 2.75 bits per heavy atom. The van der Waals surface area contributed by atoms with Gasteiger partial charge in [0.25, 0.3) is 0 Å². The summed E-state index contributed by atoms with van der Waals surface area (Å²) in [6.07, 6.45) is 1.86. The summed E-state index contributed by atoms with van der Waals surface area (Å²) in [6, 6.07) is 15.8. The van der Waals surface area contributed by atoms with Crippen molar-refractivity contribution in [3.8, 4) is 5.69 Å². The molecule has 0 amide bonds. The molecular weight excluding hydrogens is 220 g/mol. The number of rotatable bonds is 1. The third-order valence-electron chi connectivity index (χ3n) is 2.53. The number of aromatic nitrogens is 2. The molecule has 0 N–H and O–H groups in total. The van der Waals surface area contributed by atoms with Gasteiger partial charge in [0, 0.05) is 10.4 Å². The van der Waals surface area contributed by atoms with Crippen LogP contribution in [0, 0.1) is 0 Å². The van der Waals surface area contributed by atoms with Crippen LogP contribution < -0.4 is 0 Å². The van der Waals surface area contributed by atoms with Gasteiger partial charge < -0.3 is 0 Å². The number of nitrogens with zero attached hydrogens (tertiary/aromatic N) is 2.